The quantitative estimate of drug-likeness (QED) is 0.450. The van der Waals surface area contributed by atoms with Crippen LogP contribution in [0, 0.1) is 5.92 Å². The molecule has 2 rings (SSSR count). The summed E-state index contributed by atoms with van der Waals surface area (Å²) in [5.74, 6) is 1.60. The van der Waals surface area contributed by atoms with Gasteiger partial charge in [-0.25, -0.2) is 0 Å². The number of guanidine groups is 1. The minimum absolute atomic E-state index is 0.442. The molecule has 1 fully saturated rings. The molecule has 1 aliphatic rings. The Morgan fingerprint density at radius 1 is 1.21 bits per heavy atom. The predicted molar refractivity (Wildman–Crippen MR) is 122 cm³/mol. The molecule has 2 atom stereocenters. The van der Waals surface area contributed by atoms with Crippen molar-refractivity contribution in [2.24, 2.45) is 10.9 Å². The highest BCUT2D eigenvalue weighted by atomic mass is 15.2. The zero-order chi connectivity index (χ0) is 20.2. The lowest BCUT2D eigenvalue weighted by Crippen LogP contribution is -2.42. The number of nitrogens with zero attached hydrogens (tertiary/aromatic N) is 3. The highest BCUT2D eigenvalue weighted by Gasteiger charge is 2.22. The first kappa shape index (κ1) is 22.5. The zero-order valence-corrected chi connectivity index (χ0v) is 18.5. The van der Waals surface area contributed by atoms with Crippen molar-refractivity contribution in [3.8, 4) is 0 Å². The summed E-state index contributed by atoms with van der Waals surface area (Å²) in [5.41, 5.74) is 1.33. The van der Waals surface area contributed by atoms with E-state index in [0.29, 0.717) is 12.0 Å². The molecule has 0 aromatic heterocycles. The van der Waals surface area contributed by atoms with Crippen molar-refractivity contribution >= 4 is 11.6 Å². The van der Waals surface area contributed by atoms with Crippen LogP contribution < -0.4 is 15.5 Å². The second-order valence-electron chi connectivity index (χ2n) is 7.87. The molecule has 0 radical (unpaired) electrons. The van der Waals surface area contributed by atoms with Crippen molar-refractivity contribution in [1.82, 2.24) is 15.5 Å². The highest BCUT2D eigenvalue weighted by molar-refractivity contribution is 5.80. The average molecular weight is 388 g/mol. The van der Waals surface area contributed by atoms with Gasteiger partial charge in [0.05, 0.1) is 0 Å². The van der Waals surface area contributed by atoms with Gasteiger partial charge in [-0.15, -0.1) is 0 Å². The van der Waals surface area contributed by atoms with Crippen LogP contribution in [0.3, 0.4) is 0 Å². The number of nitrogens with one attached hydrogen (secondary N) is 2. The smallest absolute Gasteiger partial charge is 0.191 e. The second kappa shape index (κ2) is 12.7. The minimum atomic E-state index is 0.442. The van der Waals surface area contributed by atoms with Crippen LogP contribution in [-0.2, 0) is 0 Å². The molecule has 0 aliphatic carbocycles. The van der Waals surface area contributed by atoms with Crippen LogP contribution in [0.25, 0.3) is 0 Å². The Bertz CT molecular complexity index is 555. The SMILES string of the molecule is CCNC(=NCC1CCN(c2ccccc2)C1)NC(C)CCCN(CC)CC. The van der Waals surface area contributed by atoms with E-state index in [1.54, 1.807) is 0 Å². The third-order valence-electron chi connectivity index (χ3n) is 5.65. The minimum Gasteiger partial charge on any atom is -0.371 e. The lowest BCUT2D eigenvalue weighted by atomic mass is 10.1. The standard InChI is InChI=1S/C23H41N5/c1-5-24-23(26-20(4)12-11-16-27(6-2)7-3)25-18-21-15-17-28(19-21)22-13-9-8-10-14-22/h8-10,13-14,20-21H,5-7,11-12,15-19H2,1-4H3,(H2,24,25,26). The Morgan fingerprint density at radius 2 is 1.96 bits per heavy atom. The number of rotatable bonds is 11. The second-order valence-corrected chi connectivity index (χ2v) is 7.87. The van der Waals surface area contributed by atoms with Gasteiger partial charge in [0, 0.05) is 37.9 Å². The molecule has 2 unspecified atom stereocenters. The average Bonchev–Trinajstić information content (AvgIpc) is 3.19. The largest absolute Gasteiger partial charge is 0.371 e. The molecular weight excluding hydrogens is 346 g/mol. The fourth-order valence-corrected chi connectivity index (χ4v) is 3.86. The van der Waals surface area contributed by atoms with Gasteiger partial charge in [0.2, 0.25) is 0 Å². The third-order valence-corrected chi connectivity index (χ3v) is 5.65. The van der Waals surface area contributed by atoms with Crippen molar-refractivity contribution in [1.29, 1.82) is 0 Å². The Morgan fingerprint density at radius 3 is 2.64 bits per heavy atom. The molecule has 5 heteroatoms. The third kappa shape index (κ3) is 7.70. The molecule has 1 saturated heterocycles. The molecule has 1 heterocycles. The number of hydrogen-bond acceptors (Lipinski definition) is 3. The van der Waals surface area contributed by atoms with E-state index in [-0.39, 0.29) is 0 Å². The summed E-state index contributed by atoms with van der Waals surface area (Å²) in [6.45, 7) is 16.4. The van der Waals surface area contributed by atoms with Crippen molar-refractivity contribution < 1.29 is 0 Å². The van der Waals surface area contributed by atoms with Gasteiger partial charge in [-0.3, -0.25) is 4.99 Å². The van der Waals surface area contributed by atoms with Crippen LogP contribution in [0.5, 0.6) is 0 Å². The highest BCUT2D eigenvalue weighted by Crippen LogP contribution is 2.23. The van der Waals surface area contributed by atoms with Gasteiger partial charge in [0.25, 0.3) is 0 Å². The summed E-state index contributed by atoms with van der Waals surface area (Å²) in [6.07, 6.45) is 3.62. The molecule has 2 N–H and O–H groups in total. The summed E-state index contributed by atoms with van der Waals surface area (Å²) in [5, 5.41) is 7.02. The summed E-state index contributed by atoms with van der Waals surface area (Å²) in [6, 6.07) is 11.2. The van der Waals surface area contributed by atoms with Gasteiger partial charge in [-0.1, -0.05) is 32.0 Å². The number of anilines is 1. The van der Waals surface area contributed by atoms with Gasteiger partial charge < -0.3 is 20.4 Å². The van der Waals surface area contributed by atoms with Crippen LogP contribution in [0.1, 0.15) is 47.0 Å². The van der Waals surface area contributed by atoms with E-state index in [1.165, 1.54) is 31.5 Å². The zero-order valence-electron chi connectivity index (χ0n) is 18.5. The van der Waals surface area contributed by atoms with Gasteiger partial charge in [0.15, 0.2) is 5.96 Å². The normalized spacial score (nSPS) is 18.5. The Balaban J connectivity index is 1.77. The predicted octanol–water partition coefficient (Wildman–Crippen LogP) is 3.58. The maximum atomic E-state index is 4.90. The maximum Gasteiger partial charge on any atom is 0.191 e. The number of benzene rings is 1. The van der Waals surface area contributed by atoms with Gasteiger partial charge in [0.1, 0.15) is 0 Å². The van der Waals surface area contributed by atoms with Crippen LogP contribution in [0.4, 0.5) is 5.69 Å². The maximum absolute atomic E-state index is 4.90. The fraction of sp³-hybridized carbons (Fsp3) is 0.696. The van der Waals surface area contributed by atoms with Crippen LogP contribution in [0.15, 0.2) is 35.3 Å². The van der Waals surface area contributed by atoms with Crippen molar-refractivity contribution in [2.45, 2.75) is 53.0 Å². The molecular formula is C23H41N5. The fourth-order valence-electron chi connectivity index (χ4n) is 3.86. The molecule has 0 bridgehead atoms. The van der Waals surface area contributed by atoms with E-state index in [2.05, 4.69) is 78.5 Å². The first-order valence-corrected chi connectivity index (χ1v) is 11.2. The lowest BCUT2D eigenvalue weighted by molar-refractivity contribution is 0.292. The van der Waals surface area contributed by atoms with E-state index < -0.39 is 0 Å². The summed E-state index contributed by atoms with van der Waals surface area (Å²) in [7, 11) is 0. The topological polar surface area (TPSA) is 42.9 Å². The van der Waals surface area contributed by atoms with Crippen molar-refractivity contribution in [2.75, 3.05) is 50.7 Å². The van der Waals surface area contributed by atoms with Gasteiger partial charge in [-0.05, 0) is 70.8 Å². The lowest BCUT2D eigenvalue weighted by Gasteiger charge is -2.21. The van der Waals surface area contributed by atoms with E-state index in [4.69, 9.17) is 4.99 Å². The molecule has 1 aliphatic heterocycles. The summed E-state index contributed by atoms with van der Waals surface area (Å²) >= 11 is 0. The molecule has 0 saturated carbocycles. The molecule has 158 valence electrons. The monoisotopic (exact) mass is 387 g/mol. The van der Waals surface area contributed by atoms with Crippen LogP contribution in [0.2, 0.25) is 0 Å². The van der Waals surface area contributed by atoms with E-state index in [1.807, 2.05) is 0 Å². The summed E-state index contributed by atoms with van der Waals surface area (Å²) < 4.78 is 0. The number of para-hydroxylation sites is 1. The first-order valence-electron chi connectivity index (χ1n) is 11.2. The Labute approximate surface area is 172 Å². The molecule has 0 spiro atoms. The molecule has 28 heavy (non-hydrogen) atoms. The van der Waals surface area contributed by atoms with Gasteiger partial charge in [-0.2, -0.15) is 0 Å². The summed E-state index contributed by atoms with van der Waals surface area (Å²) in [4.78, 5) is 9.87. The number of hydrogen-bond donors (Lipinski definition) is 2. The Kier molecular flexibility index (Phi) is 10.2. The van der Waals surface area contributed by atoms with Crippen LogP contribution >= 0.6 is 0 Å². The van der Waals surface area contributed by atoms with E-state index in [0.717, 1.165) is 45.2 Å². The molecule has 1 aromatic rings. The van der Waals surface area contributed by atoms with E-state index in [9.17, 15) is 0 Å². The van der Waals surface area contributed by atoms with Crippen molar-refractivity contribution in [3.63, 3.8) is 0 Å². The molecule has 1 aromatic carbocycles. The van der Waals surface area contributed by atoms with Crippen LogP contribution in [-0.4, -0.2) is 62.7 Å². The number of aliphatic imine (C=N–C) groups is 1. The van der Waals surface area contributed by atoms with E-state index >= 15 is 0 Å². The molecule has 5 nitrogen and oxygen atoms in total. The first-order chi connectivity index (χ1) is 13.7. The van der Waals surface area contributed by atoms with Gasteiger partial charge >= 0.3 is 0 Å². The van der Waals surface area contributed by atoms with Crippen molar-refractivity contribution in [3.05, 3.63) is 30.3 Å². The Hall–Kier alpha value is -1.75. The molecule has 0 amide bonds.